The van der Waals surface area contributed by atoms with Crippen LogP contribution in [0.2, 0.25) is 0 Å². The summed E-state index contributed by atoms with van der Waals surface area (Å²) in [5.74, 6) is -1.44. The fraction of sp³-hybridized carbons (Fsp3) is 0.333. The Kier molecular flexibility index (Phi) is 4.11. The number of hydrogen-bond donors (Lipinski definition) is 3. The van der Waals surface area contributed by atoms with Crippen LogP contribution in [0.3, 0.4) is 0 Å². The maximum atomic E-state index is 12.1. The molecule has 1 aromatic heterocycles. The van der Waals surface area contributed by atoms with Crippen molar-refractivity contribution in [2.24, 2.45) is 0 Å². The van der Waals surface area contributed by atoms with Gasteiger partial charge < -0.3 is 24.5 Å². The summed E-state index contributed by atoms with van der Waals surface area (Å²) in [6, 6.07) is 3.69. The number of ether oxygens (including phenoxy) is 1. The second-order valence-electron chi connectivity index (χ2n) is 5.61. The molecule has 0 bridgehead atoms. The van der Waals surface area contributed by atoms with E-state index in [4.69, 9.17) is 32.4 Å². The molecule has 1 aliphatic heterocycles. The lowest BCUT2D eigenvalue weighted by Crippen LogP contribution is -2.39. The summed E-state index contributed by atoms with van der Waals surface area (Å²) < 4.78 is 10.2. The lowest BCUT2D eigenvalue weighted by molar-refractivity contribution is -0.152. The van der Waals surface area contributed by atoms with Gasteiger partial charge in [-0.05, 0) is 17.5 Å². The molecule has 9 heteroatoms. The second kappa shape index (κ2) is 5.84. The van der Waals surface area contributed by atoms with Crippen molar-refractivity contribution in [3.8, 4) is 11.5 Å². The zero-order valence-electron chi connectivity index (χ0n) is 12.0. The molecule has 0 amide bonds. The Labute approximate surface area is 145 Å². The van der Waals surface area contributed by atoms with Crippen molar-refractivity contribution in [1.29, 1.82) is 0 Å². The molecule has 1 aromatic carbocycles. The number of fused-ring (bicyclic) bond motifs is 1. The highest BCUT2D eigenvalue weighted by Gasteiger charge is 2.51. The number of cyclic esters (lactones) is 1. The monoisotopic (exact) mass is 374 g/mol. The van der Waals surface area contributed by atoms with Gasteiger partial charge in [0, 0.05) is 18.9 Å². The number of phenols is 2. The molecule has 1 saturated heterocycles. The van der Waals surface area contributed by atoms with Gasteiger partial charge in [-0.15, -0.1) is 23.2 Å². The third kappa shape index (κ3) is 2.79. The van der Waals surface area contributed by atoms with Gasteiger partial charge in [0.15, 0.2) is 11.7 Å². The second-order valence-corrected chi connectivity index (χ2v) is 6.71. The lowest BCUT2D eigenvalue weighted by Gasteiger charge is -2.28. The van der Waals surface area contributed by atoms with Crippen LogP contribution in [0.5, 0.6) is 11.5 Å². The number of phenolic OH excluding ortho intramolecular Hbond substituents is 2. The van der Waals surface area contributed by atoms with Gasteiger partial charge >= 0.3 is 11.6 Å². The number of aliphatic hydroxyl groups is 1. The van der Waals surface area contributed by atoms with Gasteiger partial charge in [-0.2, -0.15) is 0 Å². The number of alkyl halides is 2. The molecule has 7 nitrogen and oxygen atoms in total. The summed E-state index contributed by atoms with van der Waals surface area (Å²) in [6.45, 7) is 0. The van der Waals surface area contributed by atoms with Crippen molar-refractivity contribution >= 4 is 39.9 Å². The van der Waals surface area contributed by atoms with Gasteiger partial charge in [-0.3, -0.25) is 0 Å². The van der Waals surface area contributed by atoms with Crippen LogP contribution in [0.25, 0.3) is 10.8 Å². The van der Waals surface area contributed by atoms with Crippen molar-refractivity contribution in [3.63, 3.8) is 0 Å². The predicted octanol–water partition coefficient (Wildman–Crippen LogP) is 1.60. The third-order valence-electron chi connectivity index (χ3n) is 3.86. The summed E-state index contributed by atoms with van der Waals surface area (Å²) in [4.78, 5) is 22.4. The zero-order chi connectivity index (χ0) is 17.6. The van der Waals surface area contributed by atoms with E-state index >= 15 is 0 Å². The molecule has 3 rings (SSSR count). The SMILES string of the molecule is O=C1O[C@](Cc2cc3cc(O)cc(O)c3c(=O)o2)(C(Cl)Cl)C[C@H]1O. The molecule has 1 aliphatic rings. The number of aliphatic hydroxyl groups excluding tert-OH is 1. The van der Waals surface area contributed by atoms with E-state index in [1.165, 1.54) is 12.1 Å². The number of halogens is 2. The van der Waals surface area contributed by atoms with Crippen LogP contribution >= 0.6 is 23.2 Å². The standard InChI is InChI=1S/C15H12Cl2O7/c16-14(17)15(5-10(20)12(21)24-15)4-8-2-6-1-7(18)3-9(19)11(6)13(22)23-8/h1-3,10,14,18-20H,4-5H2/t10-,15+/m1/s1. The number of hydrogen-bond acceptors (Lipinski definition) is 7. The molecule has 0 spiro atoms. The molecule has 2 atom stereocenters. The highest BCUT2D eigenvalue weighted by molar-refractivity contribution is 6.45. The van der Waals surface area contributed by atoms with Crippen LogP contribution in [0, 0.1) is 0 Å². The van der Waals surface area contributed by atoms with Crippen LogP contribution in [0.4, 0.5) is 0 Å². The molecular formula is C15H12Cl2O7. The average Bonchev–Trinajstić information content (AvgIpc) is 2.73. The topological polar surface area (TPSA) is 117 Å². The van der Waals surface area contributed by atoms with Crippen LogP contribution in [-0.4, -0.2) is 37.8 Å². The normalized spacial score (nSPS) is 23.8. The molecule has 128 valence electrons. The first-order valence-electron chi connectivity index (χ1n) is 6.89. The third-order valence-corrected chi connectivity index (χ3v) is 4.66. The number of aromatic hydroxyl groups is 2. The molecule has 0 aliphatic carbocycles. The van der Waals surface area contributed by atoms with Gasteiger partial charge in [-0.1, -0.05) is 0 Å². The Balaban J connectivity index is 2.07. The van der Waals surface area contributed by atoms with Crippen LogP contribution in [0.1, 0.15) is 12.2 Å². The van der Waals surface area contributed by atoms with E-state index < -0.39 is 33.9 Å². The van der Waals surface area contributed by atoms with E-state index in [1.807, 2.05) is 0 Å². The first-order chi connectivity index (χ1) is 11.2. The molecule has 2 heterocycles. The average molecular weight is 375 g/mol. The predicted molar refractivity (Wildman–Crippen MR) is 84.5 cm³/mol. The highest BCUT2D eigenvalue weighted by Crippen LogP contribution is 2.39. The molecule has 0 saturated carbocycles. The summed E-state index contributed by atoms with van der Waals surface area (Å²) in [5, 5.41) is 29.0. The minimum atomic E-state index is -1.44. The Hall–Kier alpha value is -1.96. The van der Waals surface area contributed by atoms with Crippen LogP contribution < -0.4 is 5.63 Å². The van der Waals surface area contributed by atoms with Gasteiger partial charge in [0.05, 0.1) is 0 Å². The van der Waals surface area contributed by atoms with Gasteiger partial charge in [0.1, 0.15) is 27.5 Å². The van der Waals surface area contributed by atoms with Crippen molar-refractivity contribution in [2.75, 3.05) is 0 Å². The Morgan fingerprint density at radius 3 is 2.54 bits per heavy atom. The Morgan fingerprint density at radius 1 is 1.25 bits per heavy atom. The quantitative estimate of drug-likeness (QED) is 0.551. The van der Waals surface area contributed by atoms with E-state index in [2.05, 4.69) is 0 Å². The summed E-state index contributed by atoms with van der Waals surface area (Å²) in [5.41, 5.74) is -2.28. The van der Waals surface area contributed by atoms with E-state index in [0.29, 0.717) is 0 Å². The van der Waals surface area contributed by atoms with Gasteiger partial charge in [-0.25, -0.2) is 9.59 Å². The van der Waals surface area contributed by atoms with Gasteiger partial charge in [0.2, 0.25) is 0 Å². The number of esters is 1. The smallest absolute Gasteiger partial charge is 0.347 e. The largest absolute Gasteiger partial charge is 0.508 e. The molecule has 2 aromatic rings. The van der Waals surface area contributed by atoms with E-state index in [-0.39, 0.29) is 35.1 Å². The first kappa shape index (κ1) is 16.9. The number of carbonyl (C=O) groups excluding carboxylic acids is 1. The summed E-state index contributed by atoms with van der Waals surface area (Å²) >= 11 is 11.8. The molecule has 24 heavy (non-hydrogen) atoms. The summed E-state index contributed by atoms with van der Waals surface area (Å²) in [6.07, 6.45) is -1.68. The number of rotatable bonds is 3. The molecule has 3 N–H and O–H groups in total. The van der Waals surface area contributed by atoms with E-state index in [0.717, 1.165) is 6.07 Å². The Bertz CT molecular complexity index is 876. The first-order valence-corrected chi connectivity index (χ1v) is 7.77. The minimum absolute atomic E-state index is 0.0747. The number of benzene rings is 1. The fourth-order valence-electron chi connectivity index (χ4n) is 2.76. The lowest BCUT2D eigenvalue weighted by atomic mass is 9.94. The van der Waals surface area contributed by atoms with E-state index in [9.17, 15) is 24.9 Å². The molecule has 0 unspecified atom stereocenters. The molecule has 1 fully saturated rings. The van der Waals surface area contributed by atoms with E-state index in [1.54, 1.807) is 0 Å². The van der Waals surface area contributed by atoms with Crippen molar-refractivity contribution < 1.29 is 29.3 Å². The maximum Gasteiger partial charge on any atom is 0.347 e. The molecule has 0 radical (unpaired) electrons. The molecular weight excluding hydrogens is 363 g/mol. The van der Waals surface area contributed by atoms with Crippen molar-refractivity contribution in [1.82, 2.24) is 0 Å². The van der Waals surface area contributed by atoms with Crippen molar-refractivity contribution in [3.05, 3.63) is 34.4 Å². The van der Waals surface area contributed by atoms with Crippen molar-refractivity contribution in [2.45, 2.75) is 29.4 Å². The zero-order valence-corrected chi connectivity index (χ0v) is 13.5. The fourth-order valence-corrected chi connectivity index (χ4v) is 3.19. The maximum absolute atomic E-state index is 12.1. The van der Waals surface area contributed by atoms with Crippen LogP contribution in [0.15, 0.2) is 27.4 Å². The number of carbonyl (C=O) groups is 1. The summed E-state index contributed by atoms with van der Waals surface area (Å²) in [7, 11) is 0. The van der Waals surface area contributed by atoms with Gasteiger partial charge in [0.25, 0.3) is 0 Å². The highest BCUT2D eigenvalue weighted by atomic mass is 35.5. The minimum Gasteiger partial charge on any atom is -0.508 e. The van der Waals surface area contributed by atoms with Crippen LogP contribution in [-0.2, 0) is 16.0 Å². The Morgan fingerprint density at radius 2 is 1.96 bits per heavy atom.